The van der Waals surface area contributed by atoms with Gasteiger partial charge in [0, 0.05) is 16.9 Å². The molecule has 1 heterocycles. The van der Waals surface area contributed by atoms with E-state index in [-0.39, 0.29) is 0 Å². The molecule has 0 aliphatic heterocycles. The van der Waals surface area contributed by atoms with Gasteiger partial charge in [0.05, 0.1) is 0 Å². The van der Waals surface area contributed by atoms with Crippen molar-refractivity contribution in [3.8, 4) is 22.6 Å². The summed E-state index contributed by atoms with van der Waals surface area (Å²) < 4.78 is 6.06. The Morgan fingerprint density at radius 1 is 0.909 bits per heavy atom. The molecule has 0 aliphatic carbocycles. The first-order chi connectivity index (χ1) is 10.7. The fourth-order valence-corrected chi connectivity index (χ4v) is 2.95. The van der Waals surface area contributed by atoms with Crippen molar-refractivity contribution < 1.29 is 4.42 Å². The van der Waals surface area contributed by atoms with Gasteiger partial charge < -0.3 is 4.42 Å². The number of rotatable bonds is 5. The van der Waals surface area contributed by atoms with E-state index in [0.717, 1.165) is 33.6 Å². The molecule has 0 spiro atoms. The predicted octanol–water partition coefficient (Wildman–Crippen LogP) is 5.76. The van der Waals surface area contributed by atoms with Crippen molar-refractivity contribution in [3.63, 3.8) is 0 Å². The molecule has 0 N–H and O–H groups in total. The van der Waals surface area contributed by atoms with Crippen LogP contribution in [0.1, 0.15) is 13.8 Å². The fourth-order valence-electron chi connectivity index (χ4n) is 2.18. The SMILES string of the molecule is CC(C)CSc1nc(-c2ccccc2)c(-c2ccccc2)o1. The molecule has 2 aromatic carbocycles. The summed E-state index contributed by atoms with van der Waals surface area (Å²) in [7, 11) is 0. The summed E-state index contributed by atoms with van der Waals surface area (Å²) in [6, 6.07) is 20.4. The lowest BCUT2D eigenvalue weighted by Gasteiger charge is -2.00. The van der Waals surface area contributed by atoms with E-state index >= 15 is 0 Å². The molecule has 0 aliphatic rings. The summed E-state index contributed by atoms with van der Waals surface area (Å²) in [6.45, 7) is 4.40. The predicted molar refractivity (Wildman–Crippen MR) is 92.9 cm³/mol. The maximum atomic E-state index is 6.06. The molecule has 1 aromatic heterocycles. The molecule has 0 bridgehead atoms. The van der Waals surface area contributed by atoms with Crippen molar-refractivity contribution in [2.24, 2.45) is 5.92 Å². The van der Waals surface area contributed by atoms with E-state index in [4.69, 9.17) is 9.40 Å². The van der Waals surface area contributed by atoms with Gasteiger partial charge in [-0.15, -0.1) is 0 Å². The Morgan fingerprint density at radius 3 is 2.09 bits per heavy atom. The Hall–Kier alpha value is -2.00. The van der Waals surface area contributed by atoms with Crippen LogP contribution >= 0.6 is 11.8 Å². The zero-order valence-corrected chi connectivity index (χ0v) is 13.6. The van der Waals surface area contributed by atoms with E-state index in [1.165, 1.54) is 0 Å². The lowest BCUT2D eigenvalue weighted by molar-refractivity contribution is 0.465. The first-order valence-electron chi connectivity index (χ1n) is 7.48. The Labute approximate surface area is 135 Å². The van der Waals surface area contributed by atoms with Crippen LogP contribution in [0.2, 0.25) is 0 Å². The summed E-state index contributed by atoms with van der Waals surface area (Å²) in [5.41, 5.74) is 3.06. The number of thioether (sulfide) groups is 1. The third-order valence-electron chi connectivity index (χ3n) is 3.23. The molecule has 0 radical (unpaired) electrons. The number of hydrogen-bond acceptors (Lipinski definition) is 3. The highest BCUT2D eigenvalue weighted by molar-refractivity contribution is 7.99. The van der Waals surface area contributed by atoms with Gasteiger partial charge in [0.2, 0.25) is 0 Å². The minimum absolute atomic E-state index is 0.609. The Bertz CT molecular complexity index is 663. The third-order valence-corrected chi connectivity index (χ3v) is 4.49. The van der Waals surface area contributed by atoms with Crippen LogP contribution in [0.25, 0.3) is 22.6 Å². The highest BCUT2D eigenvalue weighted by atomic mass is 32.2. The van der Waals surface area contributed by atoms with Crippen molar-refractivity contribution in [2.75, 3.05) is 5.75 Å². The van der Waals surface area contributed by atoms with Crippen LogP contribution in [0.5, 0.6) is 0 Å². The summed E-state index contributed by atoms with van der Waals surface area (Å²) in [5, 5.41) is 0.742. The molecule has 0 fully saturated rings. The van der Waals surface area contributed by atoms with E-state index in [1.807, 2.05) is 36.4 Å². The highest BCUT2D eigenvalue weighted by Gasteiger charge is 2.17. The van der Waals surface area contributed by atoms with E-state index in [0.29, 0.717) is 5.92 Å². The largest absolute Gasteiger partial charge is 0.431 e. The summed E-state index contributed by atoms with van der Waals surface area (Å²) in [5.74, 6) is 2.46. The first-order valence-corrected chi connectivity index (χ1v) is 8.47. The number of oxazole rings is 1. The van der Waals surface area contributed by atoms with Crippen LogP contribution in [0, 0.1) is 5.92 Å². The van der Waals surface area contributed by atoms with Crippen molar-refractivity contribution in [1.82, 2.24) is 4.98 Å². The quantitative estimate of drug-likeness (QED) is 0.561. The van der Waals surface area contributed by atoms with Gasteiger partial charge in [-0.1, -0.05) is 86.3 Å². The Balaban J connectivity index is 2.03. The normalized spacial score (nSPS) is 11.0. The zero-order chi connectivity index (χ0) is 15.4. The van der Waals surface area contributed by atoms with Crippen molar-refractivity contribution in [3.05, 3.63) is 60.7 Å². The lowest BCUT2D eigenvalue weighted by atomic mass is 10.1. The van der Waals surface area contributed by atoms with Crippen LogP contribution in [-0.4, -0.2) is 10.7 Å². The van der Waals surface area contributed by atoms with Gasteiger partial charge in [0.15, 0.2) is 5.76 Å². The second-order valence-corrected chi connectivity index (χ2v) is 6.57. The van der Waals surface area contributed by atoms with Crippen LogP contribution in [0.4, 0.5) is 0 Å². The van der Waals surface area contributed by atoms with Crippen LogP contribution < -0.4 is 0 Å². The van der Waals surface area contributed by atoms with Crippen molar-refractivity contribution >= 4 is 11.8 Å². The molecular formula is C19H19NOS. The Morgan fingerprint density at radius 2 is 1.50 bits per heavy atom. The van der Waals surface area contributed by atoms with Gasteiger partial charge in [-0.05, 0) is 5.92 Å². The molecule has 3 aromatic rings. The molecule has 22 heavy (non-hydrogen) atoms. The zero-order valence-electron chi connectivity index (χ0n) is 12.8. The molecule has 0 saturated heterocycles. The molecule has 3 heteroatoms. The summed E-state index contributed by atoms with van der Waals surface area (Å²) in [4.78, 5) is 4.73. The van der Waals surface area contributed by atoms with Crippen molar-refractivity contribution in [2.45, 2.75) is 19.1 Å². The maximum absolute atomic E-state index is 6.06. The van der Waals surface area contributed by atoms with Gasteiger partial charge in [-0.2, -0.15) is 0 Å². The lowest BCUT2D eigenvalue weighted by Crippen LogP contribution is -1.89. The summed E-state index contributed by atoms with van der Waals surface area (Å²) >= 11 is 1.68. The minimum Gasteiger partial charge on any atom is -0.431 e. The monoisotopic (exact) mass is 309 g/mol. The molecule has 0 atom stereocenters. The second-order valence-electron chi connectivity index (χ2n) is 5.59. The first kappa shape index (κ1) is 14.9. The minimum atomic E-state index is 0.609. The third kappa shape index (κ3) is 3.42. The van der Waals surface area contributed by atoms with Crippen LogP contribution in [-0.2, 0) is 0 Å². The highest BCUT2D eigenvalue weighted by Crippen LogP contribution is 2.35. The number of aromatic nitrogens is 1. The van der Waals surface area contributed by atoms with Gasteiger partial charge in [-0.25, -0.2) is 4.98 Å². The number of nitrogens with zero attached hydrogens (tertiary/aromatic N) is 1. The van der Waals surface area contributed by atoms with Gasteiger partial charge in [0.1, 0.15) is 5.69 Å². The molecular weight excluding hydrogens is 290 g/mol. The van der Waals surface area contributed by atoms with E-state index in [2.05, 4.69) is 38.1 Å². The maximum Gasteiger partial charge on any atom is 0.256 e. The van der Waals surface area contributed by atoms with E-state index < -0.39 is 0 Å². The van der Waals surface area contributed by atoms with Crippen LogP contribution in [0.3, 0.4) is 0 Å². The Kier molecular flexibility index (Phi) is 4.64. The fraction of sp³-hybridized carbons (Fsp3) is 0.211. The average molecular weight is 309 g/mol. The topological polar surface area (TPSA) is 26.0 Å². The van der Waals surface area contributed by atoms with Crippen molar-refractivity contribution in [1.29, 1.82) is 0 Å². The standard InChI is InChI=1S/C19H19NOS/c1-14(2)13-22-19-20-17(15-9-5-3-6-10-15)18(21-19)16-11-7-4-8-12-16/h3-12,14H,13H2,1-2H3. The molecule has 2 nitrogen and oxygen atoms in total. The molecule has 0 amide bonds. The van der Waals surface area contributed by atoms with E-state index in [1.54, 1.807) is 11.8 Å². The second kappa shape index (κ2) is 6.84. The van der Waals surface area contributed by atoms with Gasteiger partial charge in [0.25, 0.3) is 5.22 Å². The number of benzene rings is 2. The van der Waals surface area contributed by atoms with Crippen LogP contribution in [0.15, 0.2) is 70.3 Å². The van der Waals surface area contributed by atoms with E-state index in [9.17, 15) is 0 Å². The molecule has 3 rings (SSSR count). The molecule has 0 saturated carbocycles. The summed E-state index contributed by atoms with van der Waals surface area (Å²) in [6.07, 6.45) is 0. The molecule has 0 unspecified atom stereocenters. The molecule has 112 valence electrons. The van der Waals surface area contributed by atoms with Gasteiger partial charge >= 0.3 is 0 Å². The number of hydrogen-bond donors (Lipinski definition) is 0. The van der Waals surface area contributed by atoms with Gasteiger partial charge in [-0.3, -0.25) is 0 Å². The average Bonchev–Trinajstić information content (AvgIpc) is 2.99. The smallest absolute Gasteiger partial charge is 0.256 e.